The van der Waals surface area contributed by atoms with E-state index < -0.39 is 0 Å². The second-order valence-corrected chi connectivity index (χ2v) is 5.05. The van der Waals surface area contributed by atoms with Gasteiger partial charge in [-0.15, -0.1) is 0 Å². The summed E-state index contributed by atoms with van der Waals surface area (Å²) in [4.78, 5) is 8.39. The lowest BCUT2D eigenvalue weighted by atomic mass is 10.1. The van der Waals surface area contributed by atoms with Crippen LogP contribution in [0.3, 0.4) is 0 Å². The van der Waals surface area contributed by atoms with E-state index in [4.69, 9.17) is 0 Å². The Morgan fingerprint density at radius 1 is 0.955 bits per heavy atom. The molecule has 0 fully saturated rings. The number of hydrogen-bond donors (Lipinski definition) is 2. The SMILES string of the molecule is Cc1cnc2ccccc2c1NCCNc1ccc(F)cn1. The molecule has 5 heteroatoms. The second kappa shape index (κ2) is 6.39. The van der Waals surface area contributed by atoms with Crippen LogP contribution in [0.1, 0.15) is 5.56 Å². The smallest absolute Gasteiger partial charge is 0.141 e. The molecule has 2 N–H and O–H groups in total. The topological polar surface area (TPSA) is 49.8 Å². The van der Waals surface area contributed by atoms with Gasteiger partial charge in [0.15, 0.2) is 0 Å². The molecule has 0 bridgehead atoms. The van der Waals surface area contributed by atoms with E-state index in [1.807, 2.05) is 31.3 Å². The van der Waals surface area contributed by atoms with Crippen LogP contribution in [0.5, 0.6) is 0 Å². The molecule has 0 saturated carbocycles. The summed E-state index contributed by atoms with van der Waals surface area (Å²) in [5, 5.41) is 7.70. The van der Waals surface area contributed by atoms with Gasteiger partial charge in [-0.2, -0.15) is 0 Å². The number of nitrogens with one attached hydrogen (secondary N) is 2. The number of fused-ring (bicyclic) bond motifs is 1. The summed E-state index contributed by atoms with van der Waals surface area (Å²) in [5.41, 5.74) is 3.18. The Labute approximate surface area is 128 Å². The average molecular weight is 296 g/mol. The lowest BCUT2D eigenvalue weighted by Gasteiger charge is -2.13. The number of para-hydroxylation sites is 1. The summed E-state index contributed by atoms with van der Waals surface area (Å²) in [7, 11) is 0. The number of benzene rings is 1. The van der Waals surface area contributed by atoms with Crippen molar-refractivity contribution in [2.45, 2.75) is 6.92 Å². The van der Waals surface area contributed by atoms with E-state index in [0.29, 0.717) is 12.4 Å². The van der Waals surface area contributed by atoms with Crippen LogP contribution in [-0.4, -0.2) is 23.1 Å². The fourth-order valence-electron chi connectivity index (χ4n) is 2.33. The molecule has 3 aromatic rings. The Balaban J connectivity index is 1.64. The number of hydrogen-bond acceptors (Lipinski definition) is 4. The molecule has 0 atom stereocenters. The van der Waals surface area contributed by atoms with Crippen molar-refractivity contribution in [2.24, 2.45) is 0 Å². The normalized spacial score (nSPS) is 10.6. The van der Waals surface area contributed by atoms with Gasteiger partial charge in [0.2, 0.25) is 0 Å². The number of aromatic nitrogens is 2. The van der Waals surface area contributed by atoms with Crippen molar-refractivity contribution in [3.63, 3.8) is 0 Å². The molecule has 22 heavy (non-hydrogen) atoms. The van der Waals surface area contributed by atoms with Gasteiger partial charge in [0.05, 0.1) is 11.7 Å². The predicted octanol–water partition coefficient (Wildman–Crippen LogP) is 3.60. The highest BCUT2D eigenvalue weighted by Gasteiger charge is 2.04. The first-order valence-corrected chi connectivity index (χ1v) is 7.18. The minimum Gasteiger partial charge on any atom is -0.382 e. The second-order valence-electron chi connectivity index (χ2n) is 5.05. The Morgan fingerprint density at radius 3 is 2.59 bits per heavy atom. The van der Waals surface area contributed by atoms with Gasteiger partial charge in [-0.1, -0.05) is 18.2 Å². The lowest BCUT2D eigenvalue weighted by molar-refractivity contribution is 0.621. The first-order valence-electron chi connectivity index (χ1n) is 7.18. The molecule has 0 radical (unpaired) electrons. The van der Waals surface area contributed by atoms with Gasteiger partial charge in [-0.05, 0) is 30.7 Å². The summed E-state index contributed by atoms with van der Waals surface area (Å²) in [6, 6.07) is 11.1. The molecule has 0 spiro atoms. The number of aryl methyl sites for hydroxylation is 1. The van der Waals surface area contributed by atoms with E-state index in [1.165, 1.54) is 12.3 Å². The third-order valence-electron chi connectivity index (χ3n) is 3.43. The van der Waals surface area contributed by atoms with E-state index in [-0.39, 0.29) is 5.82 Å². The molecule has 0 aliphatic carbocycles. The monoisotopic (exact) mass is 296 g/mol. The fraction of sp³-hybridized carbons (Fsp3) is 0.176. The Morgan fingerprint density at radius 2 is 1.77 bits per heavy atom. The zero-order chi connectivity index (χ0) is 15.4. The number of anilines is 2. The third kappa shape index (κ3) is 3.14. The van der Waals surface area contributed by atoms with Crippen LogP contribution >= 0.6 is 0 Å². The maximum atomic E-state index is 12.8. The van der Waals surface area contributed by atoms with Crippen LogP contribution in [0, 0.1) is 12.7 Å². The zero-order valence-electron chi connectivity index (χ0n) is 12.3. The van der Waals surface area contributed by atoms with Crippen molar-refractivity contribution < 1.29 is 4.39 Å². The van der Waals surface area contributed by atoms with E-state index in [9.17, 15) is 4.39 Å². The van der Waals surface area contributed by atoms with Gasteiger partial charge in [0.1, 0.15) is 11.6 Å². The van der Waals surface area contributed by atoms with E-state index in [1.54, 1.807) is 6.07 Å². The first kappa shape index (κ1) is 14.3. The van der Waals surface area contributed by atoms with Crippen molar-refractivity contribution in [1.29, 1.82) is 0 Å². The van der Waals surface area contributed by atoms with Gasteiger partial charge >= 0.3 is 0 Å². The molecule has 2 heterocycles. The molecule has 0 aliphatic rings. The minimum atomic E-state index is -0.331. The maximum Gasteiger partial charge on any atom is 0.141 e. The Kier molecular flexibility index (Phi) is 4.14. The van der Waals surface area contributed by atoms with Gasteiger partial charge in [0, 0.05) is 30.4 Å². The van der Waals surface area contributed by atoms with Gasteiger partial charge in [-0.3, -0.25) is 4.98 Å². The van der Waals surface area contributed by atoms with E-state index in [0.717, 1.165) is 28.7 Å². The molecule has 2 aromatic heterocycles. The van der Waals surface area contributed by atoms with Crippen LogP contribution in [0.4, 0.5) is 15.9 Å². The predicted molar refractivity (Wildman–Crippen MR) is 87.7 cm³/mol. The van der Waals surface area contributed by atoms with Crippen molar-refractivity contribution in [1.82, 2.24) is 9.97 Å². The van der Waals surface area contributed by atoms with Crippen LogP contribution in [0.15, 0.2) is 48.8 Å². The minimum absolute atomic E-state index is 0.331. The Bertz CT molecular complexity index is 771. The summed E-state index contributed by atoms with van der Waals surface area (Å²) in [6.45, 7) is 3.46. The molecule has 1 aromatic carbocycles. The first-order chi connectivity index (χ1) is 10.7. The highest BCUT2D eigenvalue weighted by Crippen LogP contribution is 2.24. The molecule has 3 rings (SSSR count). The van der Waals surface area contributed by atoms with Crippen LogP contribution in [0.25, 0.3) is 10.9 Å². The van der Waals surface area contributed by atoms with Crippen LogP contribution in [0.2, 0.25) is 0 Å². The largest absolute Gasteiger partial charge is 0.382 e. The maximum absolute atomic E-state index is 12.8. The highest BCUT2D eigenvalue weighted by atomic mass is 19.1. The Hall–Kier alpha value is -2.69. The molecule has 4 nitrogen and oxygen atoms in total. The molecule has 0 unspecified atom stereocenters. The van der Waals surface area contributed by atoms with Crippen LogP contribution in [-0.2, 0) is 0 Å². The quantitative estimate of drug-likeness (QED) is 0.706. The van der Waals surface area contributed by atoms with Crippen molar-refractivity contribution >= 4 is 22.4 Å². The summed E-state index contributed by atoms with van der Waals surface area (Å²) in [6.07, 6.45) is 3.08. The van der Waals surface area contributed by atoms with Crippen molar-refractivity contribution in [2.75, 3.05) is 23.7 Å². The van der Waals surface area contributed by atoms with E-state index >= 15 is 0 Å². The fourth-order valence-corrected chi connectivity index (χ4v) is 2.33. The van der Waals surface area contributed by atoms with Gasteiger partial charge in [-0.25, -0.2) is 9.37 Å². The van der Waals surface area contributed by atoms with Crippen molar-refractivity contribution in [3.8, 4) is 0 Å². The zero-order valence-corrected chi connectivity index (χ0v) is 12.3. The highest BCUT2D eigenvalue weighted by molar-refractivity contribution is 5.92. The number of rotatable bonds is 5. The summed E-state index contributed by atoms with van der Waals surface area (Å²) < 4.78 is 12.8. The molecule has 112 valence electrons. The lowest BCUT2D eigenvalue weighted by Crippen LogP contribution is -2.15. The molecule has 0 aliphatic heterocycles. The third-order valence-corrected chi connectivity index (χ3v) is 3.43. The summed E-state index contributed by atoms with van der Waals surface area (Å²) in [5.74, 6) is 0.335. The average Bonchev–Trinajstić information content (AvgIpc) is 2.55. The molecule has 0 amide bonds. The molecule has 0 saturated heterocycles. The number of nitrogens with zero attached hydrogens (tertiary/aromatic N) is 2. The van der Waals surface area contributed by atoms with Crippen LogP contribution < -0.4 is 10.6 Å². The molecular formula is C17H17FN4. The van der Waals surface area contributed by atoms with Gasteiger partial charge < -0.3 is 10.6 Å². The van der Waals surface area contributed by atoms with Gasteiger partial charge in [0.25, 0.3) is 0 Å². The molecular weight excluding hydrogens is 279 g/mol. The number of halogens is 1. The van der Waals surface area contributed by atoms with E-state index in [2.05, 4.69) is 26.7 Å². The number of pyridine rings is 2. The summed E-state index contributed by atoms with van der Waals surface area (Å²) >= 11 is 0. The standard InChI is InChI=1S/C17H17FN4/c1-12-10-21-15-5-3-2-4-14(15)17(12)20-9-8-19-16-7-6-13(18)11-22-16/h2-7,10-11H,8-9H2,1H3,(H,19,22)(H,20,21). The van der Waals surface area contributed by atoms with Crippen molar-refractivity contribution in [3.05, 3.63) is 60.2 Å².